The molecule has 1 aliphatic rings. The zero-order valence-electron chi connectivity index (χ0n) is 22.6. The highest BCUT2D eigenvalue weighted by atomic mass is 127. The Hall–Kier alpha value is -3.12. The van der Waals surface area contributed by atoms with Gasteiger partial charge in [-0.15, -0.1) is 0 Å². The van der Waals surface area contributed by atoms with Crippen LogP contribution in [0.4, 0.5) is 5.69 Å². The first-order valence-electron chi connectivity index (χ1n) is 13.2. The summed E-state index contributed by atoms with van der Waals surface area (Å²) in [4.78, 5) is 28.8. The van der Waals surface area contributed by atoms with Crippen molar-refractivity contribution < 1.29 is 22.7 Å². The van der Waals surface area contributed by atoms with Gasteiger partial charge < -0.3 is 15.0 Å². The van der Waals surface area contributed by atoms with Gasteiger partial charge in [-0.05, 0) is 96.5 Å². The molecule has 1 atom stereocenters. The highest BCUT2D eigenvalue weighted by Crippen LogP contribution is 2.26. The molecule has 8 nitrogen and oxygen atoms in total. The summed E-state index contributed by atoms with van der Waals surface area (Å²) < 4.78 is 34.9. The lowest BCUT2D eigenvalue weighted by Crippen LogP contribution is -2.52. The normalized spacial score (nSPS) is 14.4. The van der Waals surface area contributed by atoms with Crippen LogP contribution in [0.15, 0.2) is 83.8 Å². The minimum atomic E-state index is -4.08. The van der Waals surface area contributed by atoms with Crippen molar-refractivity contribution in [3.05, 3.63) is 88.0 Å². The van der Waals surface area contributed by atoms with Crippen LogP contribution in [0.5, 0.6) is 5.75 Å². The Balaban J connectivity index is 1.66. The van der Waals surface area contributed by atoms with Gasteiger partial charge in [0, 0.05) is 16.2 Å². The number of nitrogens with zero attached hydrogens (tertiary/aromatic N) is 2. The Morgan fingerprint density at radius 3 is 2.20 bits per heavy atom. The van der Waals surface area contributed by atoms with Gasteiger partial charge in [-0.2, -0.15) is 0 Å². The molecule has 0 spiro atoms. The van der Waals surface area contributed by atoms with Gasteiger partial charge in [0.25, 0.3) is 10.0 Å². The second kappa shape index (κ2) is 13.5. The first kappa shape index (κ1) is 29.9. The van der Waals surface area contributed by atoms with Crippen molar-refractivity contribution in [2.24, 2.45) is 0 Å². The van der Waals surface area contributed by atoms with Crippen LogP contribution in [-0.2, 0) is 26.2 Å². The number of halogens is 1. The number of hydrogen-bond donors (Lipinski definition) is 1. The zero-order chi connectivity index (χ0) is 28.7. The molecule has 0 saturated heterocycles. The number of anilines is 1. The third-order valence-corrected chi connectivity index (χ3v) is 9.61. The fourth-order valence-electron chi connectivity index (χ4n) is 4.76. The molecule has 4 rings (SSSR count). The topological polar surface area (TPSA) is 96.0 Å². The molecular weight excluding hydrogens is 641 g/mol. The fraction of sp³-hybridized carbons (Fsp3) is 0.333. The molecule has 0 aliphatic heterocycles. The summed E-state index contributed by atoms with van der Waals surface area (Å²) in [6.45, 7) is 1.36. The molecule has 3 aromatic carbocycles. The SMILES string of the molecule is COc1ccc(CN(C(=O)CN(c2ccc(I)cc2)S(=O)(=O)c2ccccc2)[C@@H](C)C(=O)NC2CCCC2)cc1. The van der Waals surface area contributed by atoms with Gasteiger partial charge in [-0.25, -0.2) is 8.42 Å². The van der Waals surface area contributed by atoms with Crippen LogP contribution in [0.25, 0.3) is 0 Å². The Morgan fingerprint density at radius 1 is 0.975 bits per heavy atom. The second-order valence-electron chi connectivity index (χ2n) is 9.84. The van der Waals surface area contributed by atoms with E-state index in [0.717, 1.165) is 39.1 Å². The molecule has 1 saturated carbocycles. The van der Waals surface area contributed by atoms with Gasteiger partial charge in [0.2, 0.25) is 11.8 Å². The second-order valence-corrected chi connectivity index (χ2v) is 12.9. The molecule has 2 amide bonds. The molecule has 1 aliphatic carbocycles. The number of benzene rings is 3. The quantitative estimate of drug-likeness (QED) is 0.290. The van der Waals surface area contributed by atoms with Crippen LogP contribution in [-0.4, -0.2) is 50.9 Å². The van der Waals surface area contributed by atoms with Crippen molar-refractivity contribution in [1.29, 1.82) is 0 Å². The van der Waals surface area contributed by atoms with Gasteiger partial charge in [-0.3, -0.25) is 13.9 Å². The van der Waals surface area contributed by atoms with E-state index in [-0.39, 0.29) is 23.4 Å². The van der Waals surface area contributed by atoms with Crippen molar-refractivity contribution in [3.63, 3.8) is 0 Å². The average molecular weight is 676 g/mol. The van der Waals surface area contributed by atoms with Crippen molar-refractivity contribution in [2.45, 2.75) is 56.1 Å². The van der Waals surface area contributed by atoms with Crippen LogP contribution in [0.2, 0.25) is 0 Å². The van der Waals surface area contributed by atoms with Crippen molar-refractivity contribution in [3.8, 4) is 5.75 Å². The minimum Gasteiger partial charge on any atom is -0.497 e. The Morgan fingerprint density at radius 2 is 1.60 bits per heavy atom. The number of sulfonamides is 1. The minimum absolute atomic E-state index is 0.0788. The van der Waals surface area contributed by atoms with Crippen molar-refractivity contribution in [1.82, 2.24) is 10.2 Å². The lowest BCUT2D eigenvalue weighted by atomic mass is 10.1. The van der Waals surface area contributed by atoms with Gasteiger partial charge in [0.15, 0.2) is 0 Å². The van der Waals surface area contributed by atoms with Crippen LogP contribution in [0.3, 0.4) is 0 Å². The third kappa shape index (κ3) is 7.34. The van der Waals surface area contributed by atoms with E-state index in [0.29, 0.717) is 11.4 Å². The Bertz CT molecular complexity index is 1390. The van der Waals surface area contributed by atoms with E-state index in [1.807, 2.05) is 12.1 Å². The zero-order valence-corrected chi connectivity index (χ0v) is 25.6. The number of nitrogens with one attached hydrogen (secondary N) is 1. The fourth-order valence-corrected chi connectivity index (χ4v) is 6.55. The number of amides is 2. The first-order valence-corrected chi connectivity index (χ1v) is 15.8. The maximum absolute atomic E-state index is 14.0. The summed E-state index contributed by atoms with van der Waals surface area (Å²) in [6.07, 6.45) is 3.97. The molecule has 40 heavy (non-hydrogen) atoms. The molecule has 212 valence electrons. The number of carbonyl (C=O) groups excluding carboxylic acids is 2. The molecular formula is C30H34IN3O5S. The number of methoxy groups -OCH3 is 1. The molecule has 0 bridgehead atoms. The summed E-state index contributed by atoms with van der Waals surface area (Å²) >= 11 is 2.15. The maximum atomic E-state index is 14.0. The smallest absolute Gasteiger partial charge is 0.264 e. The summed E-state index contributed by atoms with van der Waals surface area (Å²) in [7, 11) is -2.50. The van der Waals surface area contributed by atoms with E-state index in [4.69, 9.17) is 4.74 Å². The summed E-state index contributed by atoms with van der Waals surface area (Å²) in [5.74, 6) is -0.0593. The number of ether oxygens (including phenoxy) is 1. The van der Waals surface area contributed by atoms with Crippen LogP contribution in [0.1, 0.15) is 38.2 Å². The predicted molar refractivity (Wildman–Crippen MR) is 164 cm³/mol. The average Bonchev–Trinajstić information content (AvgIpc) is 3.48. The molecule has 1 N–H and O–H groups in total. The highest BCUT2D eigenvalue weighted by molar-refractivity contribution is 14.1. The van der Waals surface area contributed by atoms with E-state index in [9.17, 15) is 18.0 Å². The predicted octanol–water partition coefficient (Wildman–Crippen LogP) is 4.97. The number of carbonyl (C=O) groups is 2. The molecule has 0 unspecified atom stereocenters. The molecule has 0 aromatic heterocycles. The third-order valence-electron chi connectivity index (χ3n) is 7.11. The standard InChI is InChI=1S/C30H34IN3O5S/c1-22(30(36)32-25-8-6-7-9-25)33(20-23-12-18-27(39-2)19-13-23)29(35)21-34(26-16-14-24(31)15-17-26)40(37,38)28-10-4-3-5-11-28/h3-5,10-19,22,25H,6-9,20-21H2,1-2H3,(H,32,36)/t22-/m0/s1. The lowest BCUT2D eigenvalue weighted by Gasteiger charge is -2.32. The maximum Gasteiger partial charge on any atom is 0.264 e. The van der Waals surface area contributed by atoms with Crippen LogP contribution >= 0.6 is 22.6 Å². The molecule has 3 aromatic rings. The van der Waals surface area contributed by atoms with Gasteiger partial charge in [-0.1, -0.05) is 43.2 Å². The monoisotopic (exact) mass is 675 g/mol. The van der Waals surface area contributed by atoms with Crippen molar-refractivity contribution >= 4 is 50.1 Å². The molecule has 0 heterocycles. The summed E-state index contributed by atoms with van der Waals surface area (Å²) in [5, 5.41) is 3.08. The van der Waals surface area contributed by atoms with Gasteiger partial charge in [0.05, 0.1) is 17.7 Å². The molecule has 10 heteroatoms. The van der Waals surface area contributed by atoms with Gasteiger partial charge in [0.1, 0.15) is 18.3 Å². The Labute approximate surface area is 249 Å². The van der Waals surface area contributed by atoms with E-state index < -0.39 is 28.5 Å². The van der Waals surface area contributed by atoms with E-state index >= 15 is 0 Å². The van der Waals surface area contributed by atoms with Crippen LogP contribution in [0, 0.1) is 3.57 Å². The van der Waals surface area contributed by atoms with E-state index in [2.05, 4.69) is 27.9 Å². The number of rotatable bonds is 11. The number of hydrogen-bond acceptors (Lipinski definition) is 5. The molecule has 0 radical (unpaired) electrons. The van der Waals surface area contributed by atoms with Gasteiger partial charge >= 0.3 is 0 Å². The highest BCUT2D eigenvalue weighted by Gasteiger charge is 2.33. The largest absolute Gasteiger partial charge is 0.497 e. The van der Waals surface area contributed by atoms with E-state index in [1.165, 1.54) is 17.0 Å². The lowest BCUT2D eigenvalue weighted by molar-refractivity contribution is -0.139. The molecule has 1 fully saturated rings. The summed E-state index contributed by atoms with van der Waals surface area (Å²) in [6, 6.07) is 21.5. The Kier molecular flexibility index (Phi) is 10.1. The first-order chi connectivity index (χ1) is 19.2. The van der Waals surface area contributed by atoms with Crippen molar-refractivity contribution in [2.75, 3.05) is 18.0 Å². The van der Waals surface area contributed by atoms with E-state index in [1.54, 1.807) is 68.6 Å². The van der Waals surface area contributed by atoms with Crippen LogP contribution < -0.4 is 14.4 Å². The summed E-state index contributed by atoms with van der Waals surface area (Å²) in [5.41, 5.74) is 1.16.